The molecule has 0 aliphatic heterocycles. The summed E-state index contributed by atoms with van der Waals surface area (Å²) >= 11 is 13.2. The van der Waals surface area contributed by atoms with E-state index in [-0.39, 0.29) is 9.92 Å². The highest BCUT2D eigenvalue weighted by atomic mass is 35.5. The van der Waals surface area contributed by atoms with Crippen molar-refractivity contribution in [3.63, 3.8) is 0 Å². The van der Waals surface area contributed by atoms with Crippen molar-refractivity contribution in [1.29, 1.82) is 0 Å². The number of halogens is 2. The summed E-state index contributed by atoms with van der Waals surface area (Å²) in [6, 6.07) is 8.16. The van der Waals surface area contributed by atoms with Gasteiger partial charge in [0.25, 0.3) is 0 Å². The van der Waals surface area contributed by atoms with Gasteiger partial charge in [0, 0.05) is 11.4 Å². The zero-order valence-electron chi connectivity index (χ0n) is 9.77. The van der Waals surface area contributed by atoms with Crippen molar-refractivity contribution in [3.05, 3.63) is 50.6 Å². The Morgan fingerprint density at radius 1 is 1.16 bits per heavy atom. The Balaban J connectivity index is 2.03. The highest BCUT2D eigenvalue weighted by molar-refractivity contribution is 7.89. The van der Waals surface area contributed by atoms with Crippen LogP contribution < -0.4 is 4.72 Å². The summed E-state index contributed by atoms with van der Waals surface area (Å²) in [4.78, 5) is 1.25. The quantitative estimate of drug-likeness (QED) is 0.907. The van der Waals surface area contributed by atoms with E-state index in [1.165, 1.54) is 18.2 Å². The predicted octanol–water partition coefficient (Wildman–Crippen LogP) is 3.58. The van der Waals surface area contributed by atoms with Crippen LogP contribution in [0.2, 0.25) is 10.0 Å². The fraction of sp³-hybridized carbons (Fsp3) is 0.167. The fourth-order valence-electron chi connectivity index (χ4n) is 1.49. The van der Waals surface area contributed by atoms with E-state index in [1.807, 2.05) is 17.5 Å². The molecule has 1 heterocycles. The number of hydrogen-bond acceptors (Lipinski definition) is 3. The van der Waals surface area contributed by atoms with Crippen LogP contribution in [0, 0.1) is 0 Å². The first-order valence-electron chi connectivity index (χ1n) is 5.46. The molecule has 1 aromatic heterocycles. The van der Waals surface area contributed by atoms with Gasteiger partial charge < -0.3 is 0 Å². The fourth-order valence-corrected chi connectivity index (χ4v) is 3.62. The number of rotatable bonds is 5. The van der Waals surface area contributed by atoms with Crippen molar-refractivity contribution in [2.75, 3.05) is 6.54 Å². The Morgan fingerprint density at radius 2 is 1.95 bits per heavy atom. The third-order valence-corrected chi connectivity index (χ3v) is 5.58. The summed E-state index contributed by atoms with van der Waals surface area (Å²) in [5, 5.41) is 2.52. The molecule has 0 spiro atoms. The minimum atomic E-state index is -3.54. The molecule has 3 nitrogen and oxygen atoms in total. The third-order valence-electron chi connectivity index (χ3n) is 2.44. The highest BCUT2D eigenvalue weighted by Crippen LogP contribution is 2.24. The molecule has 0 aliphatic rings. The number of benzene rings is 1. The molecule has 0 unspecified atom stereocenters. The first kappa shape index (κ1) is 14.8. The van der Waals surface area contributed by atoms with Crippen molar-refractivity contribution in [2.45, 2.75) is 11.3 Å². The smallest absolute Gasteiger partial charge is 0.211 e. The van der Waals surface area contributed by atoms with Crippen LogP contribution in [-0.4, -0.2) is 15.0 Å². The number of thiophene rings is 1. The lowest BCUT2D eigenvalue weighted by Gasteiger charge is -2.07. The minimum Gasteiger partial charge on any atom is -0.211 e. The number of sulfonamides is 1. The Bertz CT molecular complexity index is 654. The second-order valence-corrected chi connectivity index (χ2v) is 7.42. The molecule has 19 heavy (non-hydrogen) atoms. The van der Waals surface area contributed by atoms with Gasteiger partial charge in [-0.05, 0) is 36.1 Å². The molecule has 0 bridgehead atoms. The van der Waals surface area contributed by atoms with Gasteiger partial charge in [-0.3, -0.25) is 0 Å². The van der Waals surface area contributed by atoms with Gasteiger partial charge in [0.05, 0.1) is 14.9 Å². The monoisotopic (exact) mass is 335 g/mol. The summed E-state index contributed by atoms with van der Waals surface area (Å²) in [7, 11) is -3.54. The van der Waals surface area contributed by atoms with Crippen molar-refractivity contribution in [1.82, 2.24) is 4.72 Å². The van der Waals surface area contributed by atoms with Crippen LogP contribution in [-0.2, 0) is 16.4 Å². The molecule has 0 amide bonds. The van der Waals surface area contributed by atoms with Gasteiger partial charge in [-0.1, -0.05) is 29.3 Å². The molecule has 102 valence electrons. The Labute approximate surface area is 126 Å². The van der Waals surface area contributed by atoms with E-state index in [1.54, 1.807) is 11.3 Å². The molecular weight excluding hydrogens is 325 g/mol. The standard InChI is InChI=1S/C12H11Cl2NO2S2/c13-11-4-3-10(8-12(11)14)19(16,17)15-6-5-9-2-1-7-18-9/h1-4,7-8,15H,5-6H2. The van der Waals surface area contributed by atoms with Gasteiger partial charge in [-0.2, -0.15) is 0 Å². The second kappa shape index (κ2) is 6.24. The maximum absolute atomic E-state index is 12.0. The summed E-state index contributed by atoms with van der Waals surface area (Å²) in [5.74, 6) is 0. The zero-order valence-corrected chi connectivity index (χ0v) is 12.9. The molecule has 0 fully saturated rings. The molecule has 0 saturated carbocycles. The van der Waals surface area contributed by atoms with Gasteiger partial charge in [0.1, 0.15) is 0 Å². The predicted molar refractivity (Wildman–Crippen MR) is 79.7 cm³/mol. The molecule has 2 aromatic rings. The van der Waals surface area contributed by atoms with Gasteiger partial charge in [-0.15, -0.1) is 11.3 Å². The maximum Gasteiger partial charge on any atom is 0.240 e. The molecule has 1 aromatic carbocycles. The lowest BCUT2D eigenvalue weighted by Crippen LogP contribution is -2.25. The van der Waals surface area contributed by atoms with Crippen molar-refractivity contribution in [2.24, 2.45) is 0 Å². The van der Waals surface area contributed by atoms with Crippen molar-refractivity contribution < 1.29 is 8.42 Å². The Kier molecular flexibility index (Phi) is 4.86. The molecule has 0 saturated heterocycles. The first-order valence-corrected chi connectivity index (χ1v) is 8.58. The van der Waals surface area contributed by atoms with Crippen LogP contribution >= 0.6 is 34.5 Å². The van der Waals surface area contributed by atoms with Gasteiger partial charge in [-0.25, -0.2) is 13.1 Å². The topological polar surface area (TPSA) is 46.2 Å². The van der Waals surface area contributed by atoms with Crippen LogP contribution in [0.15, 0.2) is 40.6 Å². The average Bonchev–Trinajstić information content (AvgIpc) is 2.85. The van der Waals surface area contributed by atoms with Crippen molar-refractivity contribution >= 4 is 44.6 Å². The molecule has 0 radical (unpaired) electrons. The van der Waals surface area contributed by atoms with E-state index >= 15 is 0 Å². The SMILES string of the molecule is O=S(=O)(NCCc1cccs1)c1ccc(Cl)c(Cl)c1. The largest absolute Gasteiger partial charge is 0.240 e. The van der Waals surface area contributed by atoms with E-state index in [2.05, 4.69) is 4.72 Å². The molecule has 1 N–H and O–H groups in total. The minimum absolute atomic E-state index is 0.119. The maximum atomic E-state index is 12.0. The van der Waals surface area contributed by atoms with E-state index in [0.717, 1.165) is 4.88 Å². The molecule has 0 atom stereocenters. The zero-order chi connectivity index (χ0) is 13.9. The molecule has 0 aliphatic carbocycles. The summed E-state index contributed by atoms with van der Waals surface area (Å²) in [6.45, 7) is 0.350. The lowest BCUT2D eigenvalue weighted by molar-refractivity contribution is 0.582. The second-order valence-electron chi connectivity index (χ2n) is 3.80. The summed E-state index contributed by atoms with van der Waals surface area (Å²) in [5.41, 5.74) is 0. The summed E-state index contributed by atoms with van der Waals surface area (Å²) in [6.07, 6.45) is 0.665. The third kappa shape index (κ3) is 3.94. The normalized spacial score (nSPS) is 11.7. The van der Waals surface area contributed by atoms with E-state index < -0.39 is 10.0 Å². The first-order chi connectivity index (χ1) is 8.99. The highest BCUT2D eigenvalue weighted by Gasteiger charge is 2.14. The Morgan fingerprint density at radius 3 is 2.58 bits per heavy atom. The number of nitrogens with one attached hydrogen (secondary N) is 1. The van der Waals surface area contributed by atoms with Crippen LogP contribution in [0.5, 0.6) is 0 Å². The Hall–Kier alpha value is -0.590. The van der Waals surface area contributed by atoms with Gasteiger partial charge >= 0.3 is 0 Å². The average molecular weight is 336 g/mol. The van der Waals surface area contributed by atoms with Crippen molar-refractivity contribution in [3.8, 4) is 0 Å². The van der Waals surface area contributed by atoms with Crippen LogP contribution in [0.4, 0.5) is 0 Å². The molecule has 2 rings (SSSR count). The van der Waals surface area contributed by atoms with Crippen LogP contribution in [0.1, 0.15) is 4.88 Å². The van der Waals surface area contributed by atoms with Gasteiger partial charge in [0.2, 0.25) is 10.0 Å². The van der Waals surface area contributed by atoms with Crippen LogP contribution in [0.3, 0.4) is 0 Å². The molecular formula is C12H11Cl2NO2S2. The van der Waals surface area contributed by atoms with Crippen LogP contribution in [0.25, 0.3) is 0 Å². The van der Waals surface area contributed by atoms with Gasteiger partial charge in [0.15, 0.2) is 0 Å². The lowest BCUT2D eigenvalue weighted by atomic mass is 10.3. The van der Waals surface area contributed by atoms with E-state index in [4.69, 9.17) is 23.2 Å². The van der Waals surface area contributed by atoms with E-state index in [0.29, 0.717) is 18.0 Å². The molecule has 7 heteroatoms. The summed E-state index contributed by atoms with van der Waals surface area (Å²) < 4.78 is 26.6. The van der Waals surface area contributed by atoms with E-state index in [9.17, 15) is 8.42 Å². The number of hydrogen-bond donors (Lipinski definition) is 1.